The van der Waals surface area contributed by atoms with Gasteiger partial charge < -0.3 is 24.8 Å². The molecule has 0 atom stereocenters. The Morgan fingerprint density at radius 3 is 2.19 bits per heavy atom. The van der Waals surface area contributed by atoms with Crippen LogP contribution in [0.5, 0.6) is 0 Å². The van der Waals surface area contributed by atoms with Gasteiger partial charge in [-0.3, -0.25) is 0 Å². The number of hydrogen-bond donors (Lipinski definition) is 0. The van der Waals surface area contributed by atoms with Crippen molar-refractivity contribution in [1.82, 2.24) is 0 Å². The number of benzene rings is 3. The molecule has 3 aromatic rings. The van der Waals surface area contributed by atoms with E-state index in [0.717, 1.165) is 17.0 Å². The molecule has 31 heavy (non-hydrogen) atoms. The quantitative estimate of drug-likeness (QED) is 0.419. The molecule has 0 bridgehead atoms. The topological polar surface area (TPSA) is 0 Å². The van der Waals surface area contributed by atoms with Gasteiger partial charge in [0, 0.05) is 0 Å². The van der Waals surface area contributed by atoms with Crippen molar-refractivity contribution in [2.45, 2.75) is 20.3 Å². The SMILES string of the molecule is CC(C)=c1ccc2c(c1C1=C(c3ccccc3Cl)C=CC1)[C]([Zr+2])=c1ccccc1=2.[Cl-].[Cl-]. The van der Waals surface area contributed by atoms with Crippen LogP contribution in [0, 0.1) is 10.4 Å². The van der Waals surface area contributed by atoms with E-state index in [1.165, 1.54) is 76.7 Å². The zero-order valence-electron chi connectivity index (χ0n) is 17.3. The van der Waals surface area contributed by atoms with Gasteiger partial charge in [-0.25, -0.2) is 0 Å². The monoisotopic (exact) mass is 539 g/mol. The Balaban J connectivity index is 0.00000136. The third kappa shape index (κ3) is 3.96. The minimum atomic E-state index is 0. The molecule has 5 rings (SSSR count). The first-order valence-electron chi connectivity index (χ1n) is 9.89. The van der Waals surface area contributed by atoms with E-state index in [1.54, 1.807) is 0 Å². The Labute approximate surface area is 215 Å². The normalized spacial score (nSPS) is 13.5. The second-order valence-electron chi connectivity index (χ2n) is 7.81. The fourth-order valence-corrected chi connectivity index (χ4v) is 5.97. The minimum Gasteiger partial charge on any atom is -1.00 e. The van der Waals surface area contributed by atoms with E-state index >= 15 is 0 Å². The summed E-state index contributed by atoms with van der Waals surface area (Å²) < 4.78 is 1.46. The van der Waals surface area contributed by atoms with Gasteiger partial charge in [-0.15, -0.1) is 0 Å². The van der Waals surface area contributed by atoms with Crippen LogP contribution in [0.2, 0.25) is 5.02 Å². The smallest absolute Gasteiger partial charge is 1.00 e. The van der Waals surface area contributed by atoms with Crippen LogP contribution >= 0.6 is 11.6 Å². The van der Waals surface area contributed by atoms with Gasteiger partial charge in [0.25, 0.3) is 0 Å². The molecule has 0 radical (unpaired) electrons. The third-order valence-corrected chi connectivity index (χ3v) is 7.48. The first-order valence-corrected chi connectivity index (χ1v) is 11.5. The van der Waals surface area contributed by atoms with Gasteiger partial charge in [0.05, 0.1) is 0 Å². The summed E-state index contributed by atoms with van der Waals surface area (Å²) in [5, 5.41) is 6.28. The average molecular weight is 542 g/mol. The molecule has 0 fully saturated rings. The Bertz CT molecular complexity index is 1460. The van der Waals surface area contributed by atoms with Gasteiger partial charge in [-0.1, -0.05) is 0 Å². The van der Waals surface area contributed by atoms with Crippen LogP contribution in [0.15, 0.2) is 72.8 Å². The van der Waals surface area contributed by atoms with E-state index in [9.17, 15) is 0 Å². The first-order chi connectivity index (χ1) is 14.1. The molecule has 0 N–H and O–H groups in total. The Morgan fingerprint density at radius 2 is 1.48 bits per heavy atom. The average Bonchev–Trinajstić information content (AvgIpc) is 3.31. The molecule has 0 amide bonds. The van der Waals surface area contributed by atoms with Gasteiger partial charge in [-0.05, 0) is 0 Å². The van der Waals surface area contributed by atoms with Crippen LogP contribution in [0.1, 0.15) is 37.0 Å². The zero-order valence-corrected chi connectivity index (χ0v) is 22.0. The predicted octanol–water partition coefficient (Wildman–Crippen LogP) is -0.287. The molecule has 2 aliphatic carbocycles. The van der Waals surface area contributed by atoms with Crippen LogP contribution in [0.25, 0.3) is 20.0 Å². The zero-order chi connectivity index (χ0) is 20.1. The summed E-state index contributed by atoms with van der Waals surface area (Å²) in [7, 11) is 0. The van der Waals surface area contributed by atoms with Crippen molar-refractivity contribution in [1.29, 1.82) is 0 Å². The van der Waals surface area contributed by atoms with Crippen LogP contribution in [0.4, 0.5) is 0 Å². The number of allylic oxidation sites excluding steroid dienone is 4. The number of halogens is 3. The van der Waals surface area contributed by atoms with Crippen molar-refractivity contribution in [3.05, 3.63) is 115 Å². The number of fused-ring (bicyclic) bond motifs is 2. The van der Waals surface area contributed by atoms with Crippen molar-refractivity contribution >= 4 is 31.6 Å². The molecule has 3 aromatic carbocycles. The third-order valence-electron chi connectivity index (χ3n) is 5.88. The molecule has 0 aromatic heterocycles. The summed E-state index contributed by atoms with van der Waals surface area (Å²) in [5.74, 6) is 0. The Morgan fingerprint density at radius 1 is 0.806 bits per heavy atom. The first kappa shape index (κ1) is 24.3. The number of rotatable bonds is 2. The van der Waals surface area contributed by atoms with E-state index in [2.05, 4.69) is 74.5 Å². The molecular formula is C27H20Cl3Zr. The molecule has 0 saturated heterocycles. The molecule has 0 spiro atoms. The maximum Gasteiger partial charge on any atom is -1.00 e. The van der Waals surface area contributed by atoms with Gasteiger partial charge in [0.2, 0.25) is 0 Å². The summed E-state index contributed by atoms with van der Waals surface area (Å²) in [6.45, 7) is 4.43. The van der Waals surface area contributed by atoms with Crippen molar-refractivity contribution in [3.8, 4) is 0 Å². The van der Waals surface area contributed by atoms with Gasteiger partial charge in [0.15, 0.2) is 0 Å². The molecule has 0 heterocycles. The molecular weight excluding hydrogens is 522 g/mol. The molecule has 4 heteroatoms. The molecule has 153 valence electrons. The molecule has 0 unspecified atom stereocenters. The fraction of sp³-hybridized carbons (Fsp3) is 0.111. The van der Waals surface area contributed by atoms with Gasteiger partial charge in [-0.2, -0.15) is 0 Å². The molecule has 0 aliphatic heterocycles. The second-order valence-corrected chi connectivity index (χ2v) is 9.45. The van der Waals surface area contributed by atoms with Gasteiger partial charge in [0.1, 0.15) is 0 Å². The van der Waals surface area contributed by atoms with E-state index in [-0.39, 0.29) is 24.8 Å². The van der Waals surface area contributed by atoms with Crippen LogP contribution < -0.4 is 35.3 Å². The maximum atomic E-state index is 6.60. The molecule has 0 nitrogen and oxygen atoms in total. The fourth-order valence-electron chi connectivity index (χ4n) is 4.56. The summed E-state index contributed by atoms with van der Waals surface area (Å²) in [4.78, 5) is 0. The predicted molar refractivity (Wildman–Crippen MR) is 119 cm³/mol. The van der Waals surface area contributed by atoms with Crippen molar-refractivity contribution in [2.75, 3.05) is 0 Å². The van der Waals surface area contributed by atoms with Crippen LogP contribution in [-0.4, -0.2) is 0 Å². The second kappa shape index (κ2) is 9.64. The van der Waals surface area contributed by atoms with E-state index in [0.29, 0.717) is 0 Å². The van der Waals surface area contributed by atoms with Crippen molar-refractivity contribution < 1.29 is 49.5 Å². The van der Waals surface area contributed by atoms with Crippen molar-refractivity contribution in [3.63, 3.8) is 0 Å². The minimum absolute atomic E-state index is 0. The largest absolute Gasteiger partial charge is 1.00 e. The summed E-state index contributed by atoms with van der Waals surface area (Å²) in [5.41, 5.74) is 7.93. The van der Waals surface area contributed by atoms with Crippen LogP contribution in [-0.2, 0) is 24.7 Å². The van der Waals surface area contributed by atoms with E-state index < -0.39 is 0 Å². The summed E-state index contributed by atoms with van der Waals surface area (Å²) >= 11 is 8.06. The Kier molecular flexibility index (Phi) is 7.55. The van der Waals surface area contributed by atoms with E-state index in [4.69, 9.17) is 11.6 Å². The van der Waals surface area contributed by atoms with E-state index in [1.807, 2.05) is 12.1 Å². The molecule has 2 aliphatic rings. The van der Waals surface area contributed by atoms with Crippen molar-refractivity contribution in [2.24, 2.45) is 0 Å². The summed E-state index contributed by atoms with van der Waals surface area (Å²) in [6, 6.07) is 21.6. The van der Waals surface area contributed by atoms with Crippen LogP contribution in [0.3, 0.4) is 0 Å². The number of hydrogen-bond acceptors (Lipinski definition) is 0. The maximum absolute atomic E-state index is 6.60. The standard InChI is InChI=1S/C27H20Cl.2ClH.Zr/c1-17(2)19-14-15-22-20-9-4-3-8-18(20)16-25(22)27(19)24-12-7-11-21(24)23-10-5-6-13-26(23)28;;;/h3-11,13-15H,12H2,1-2H3;2*1H;/q;;;+2/p-2. The van der Waals surface area contributed by atoms with Gasteiger partial charge >= 0.3 is 192 Å². The summed E-state index contributed by atoms with van der Waals surface area (Å²) in [6.07, 6.45) is 5.46. The molecule has 0 saturated carbocycles. The Hall–Kier alpha value is -1.37.